The molecular weight excluding hydrogens is 229 g/mol. The van der Waals surface area contributed by atoms with Crippen molar-refractivity contribution in [2.24, 2.45) is 5.73 Å². The number of ether oxygens (including phenoxy) is 1. The van der Waals surface area contributed by atoms with Gasteiger partial charge in [-0.1, -0.05) is 19.8 Å². The summed E-state index contributed by atoms with van der Waals surface area (Å²) in [5, 5.41) is 0. The number of hydrogen-bond acceptors (Lipinski definition) is 2. The van der Waals surface area contributed by atoms with E-state index < -0.39 is 0 Å². The van der Waals surface area contributed by atoms with E-state index >= 15 is 0 Å². The number of hydrogen-bond donors (Lipinski definition) is 1. The van der Waals surface area contributed by atoms with Crippen LogP contribution < -0.4 is 10.5 Å². The molecule has 1 aromatic carbocycles. The fraction of sp³-hybridized carbons (Fsp3) is 0.600. The van der Waals surface area contributed by atoms with Gasteiger partial charge < -0.3 is 10.5 Å². The third-order valence-corrected chi connectivity index (χ3v) is 4.27. The van der Waals surface area contributed by atoms with E-state index in [9.17, 15) is 4.39 Å². The number of aryl methyl sites for hydroxylation is 1. The fourth-order valence-corrected chi connectivity index (χ4v) is 3.09. The predicted molar refractivity (Wildman–Crippen MR) is 71.5 cm³/mol. The number of nitrogens with two attached hydrogens (primary N) is 1. The van der Waals surface area contributed by atoms with Gasteiger partial charge >= 0.3 is 0 Å². The first-order valence-corrected chi connectivity index (χ1v) is 6.74. The lowest BCUT2D eigenvalue weighted by Gasteiger charge is -2.30. The summed E-state index contributed by atoms with van der Waals surface area (Å²) in [4.78, 5) is 0. The van der Waals surface area contributed by atoms with Gasteiger partial charge in [-0.2, -0.15) is 0 Å². The zero-order chi connectivity index (χ0) is 13.2. The molecule has 2 nitrogen and oxygen atoms in total. The highest BCUT2D eigenvalue weighted by Crippen LogP contribution is 2.44. The molecule has 18 heavy (non-hydrogen) atoms. The minimum Gasteiger partial charge on any atom is -0.496 e. The van der Waals surface area contributed by atoms with E-state index in [0.29, 0.717) is 18.7 Å². The van der Waals surface area contributed by atoms with Crippen molar-refractivity contribution in [3.8, 4) is 5.75 Å². The monoisotopic (exact) mass is 251 g/mol. The van der Waals surface area contributed by atoms with Gasteiger partial charge in [-0.25, -0.2) is 4.39 Å². The summed E-state index contributed by atoms with van der Waals surface area (Å²) < 4.78 is 19.2. The van der Waals surface area contributed by atoms with Gasteiger partial charge in [-0.15, -0.1) is 0 Å². The summed E-state index contributed by atoms with van der Waals surface area (Å²) in [7, 11) is 1.60. The molecule has 0 radical (unpaired) electrons. The predicted octanol–water partition coefficient (Wildman–Crippen LogP) is 3.17. The van der Waals surface area contributed by atoms with Gasteiger partial charge in [0.2, 0.25) is 0 Å². The first kappa shape index (κ1) is 13.3. The Labute approximate surface area is 108 Å². The molecule has 2 N–H and O–H groups in total. The van der Waals surface area contributed by atoms with Crippen molar-refractivity contribution in [1.82, 2.24) is 0 Å². The van der Waals surface area contributed by atoms with Crippen LogP contribution in [0.5, 0.6) is 5.75 Å². The summed E-state index contributed by atoms with van der Waals surface area (Å²) >= 11 is 0. The normalized spacial score (nSPS) is 18.0. The van der Waals surface area contributed by atoms with E-state index in [-0.39, 0.29) is 11.2 Å². The van der Waals surface area contributed by atoms with Gasteiger partial charge in [0.25, 0.3) is 0 Å². The molecule has 1 aliphatic rings. The zero-order valence-electron chi connectivity index (χ0n) is 11.3. The second-order valence-corrected chi connectivity index (χ2v) is 5.19. The Balaban J connectivity index is 2.53. The number of methoxy groups -OCH3 is 1. The highest BCUT2D eigenvalue weighted by molar-refractivity contribution is 5.44. The maximum atomic E-state index is 13.8. The van der Waals surface area contributed by atoms with Crippen LogP contribution in [0.15, 0.2) is 12.1 Å². The van der Waals surface area contributed by atoms with Crippen LogP contribution in [0.25, 0.3) is 0 Å². The maximum Gasteiger partial charge on any atom is 0.130 e. The van der Waals surface area contributed by atoms with Crippen LogP contribution in [0.1, 0.15) is 43.7 Å². The van der Waals surface area contributed by atoms with E-state index in [1.54, 1.807) is 7.11 Å². The molecule has 0 aromatic heterocycles. The molecule has 0 heterocycles. The molecule has 1 aromatic rings. The van der Waals surface area contributed by atoms with Gasteiger partial charge in [-0.3, -0.25) is 0 Å². The Morgan fingerprint density at radius 3 is 2.50 bits per heavy atom. The molecule has 0 atom stereocenters. The average Bonchev–Trinajstić information content (AvgIpc) is 2.88. The first-order valence-electron chi connectivity index (χ1n) is 6.74. The minimum atomic E-state index is -0.178. The first-order chi connectivity index (χ1) is 8.66. The van der Waals surface area contributed by atoms with Crippen molar-refractivity contribution in [3.63, 3.8) is 0 Å². The van der Waals surface area contributed by atoms with Gasteiger partial charge in [0.15, 0.2) is 0 Å². The maximum absolute atomic E-state index is 13.8. The third kappa shape index (κ3) is 2.12. The number of halogens is 1. The summed E-state index contributed by atoms with van der Waals surface area (Å²) in [5.74, 6) is 0.473. The van der Waals surface area contributed by atoms with Crippen molar-refractivity contribution in [2.45, 2.75) is 44.4 Å². The summed E-state index contributed by atoms with van der Waals surface area (Å²) in [5.41, 5.74) is 7.85. The van der Waals surface area contributed by atoms with Crippen molar-refractivity contribution in [3.05, 3.63) is 29.1 Å². The van der Waals surface area contributed by atoms with Gasteiger partial charge in [0.1, 0.15) is 11.6 Å². The lowest BCUT2D eigenvalue weighted by atomic mass is 9.77. The molecule has 0 aliphatic heterocycles. The Hall–Kier alpha value is -1.09. The molecular formula is C15H22FNO. The molecule has 0 amide bonds. The molecule has 0 saturated heterocycles. The lowest BCUT2D eigenvalue weighted by molar-refractivity contribution is 0.374. The quantitative estimate of drug-likeness (QED) is 0.892. The Kier molecular flexibility index (Phi) is 3.91. The van der Waals surface area contributed by atoms with Crippen molar-refractivity contribution >= 4 is 0 Å². The molecule has 2 rings (SSSR count). The fourth-order valence-electron chi connectivity index (χ4n) is 3.09. The van der Waals surface area contributed by atoms with Crippen LogP contribution >= 0.6 is 0 Å². The summed E-state index contributed by atoms with van der Waals surface area (Å²) in [6, 6.07) is 3.48. The summed E-state index contributed by atoms with van der Waals surface area (Å²) in [6.07, 6.45) is 5.24. The molecule has 100 valence electrons. The van der Waals surface area contributed by atoms with Crippen molar-refractivity contribution < 1.29 is 9.13 Å². The zero-order valence-corrected chi connectivity index (χ0v) is 11.3. The highest BCUT2D eigenvalue weighted by atomic mass is 19.1. The minimum absolute atomic E-state index is 0.0109. The molecule has 0 spiro atoms. The van der Waals surface area contributed by atoms with E-state index in [0.717, 1.165) is 24.0 Å². The lowest BCUT2D eigenvalue weighted by Crippen LogP contribution is -2.32. The van der Waals surface area contributed by atoms with Gasteiger partial charge in [0, 0.05) is 23.6 Å². The molecule has 0 bridgehead atoms. The second-order valence-electron chi connectivity index (χ2n) is 5.19. The SMILES string of the molecule is CCc1cc(C2(CN)CCCC2)c(OC)cc1F. The molecule has 1 aliphatic carbocycles. The van der Waals surface area contributed by atoms with Gasteiger partial charge in [0.05, 0.1) is 7.11 Å². The van der Waals surface area contributed by atoms with Crippen LogP contribution in [-0.4, -0.2) is 13.7 Å². The van der Waals surface area contributed by atoms with Gasteiger partial charge in [-0.05, 0) is 30.9 Å². The number of benzene rings is 1. The average molecular weight is 251 g/mol. The van der Waals surface area contributed by atoms with Crippen molar-refractivity contribution in [2.75, 3.05) is 13.7 Å². The second kappa shape index (κ2) is 5.27. The Bertz CT molecular complexity index is 425. The molecule has 1 fully saturated rings. The van der Waals surface area contributed by atoms with Crippen LogP contribution in [-0.2, 0) is 11.8 Å². The topological polar surface area (TPSA) is 35.2 Å². The Morgan fingerprint density at radius 1 is 1.33 bits per heavy atom. The van der Waals surface area contributed by atoms with Crippen LogP contribution in [0.3, 0.4) is 0 Å². The highest BCUT2D eigenvalue weighted by Gasteiger charge is 2.37. The molecule has 0 unspecified atom stereocenters. The van der Waals surface area contributed by atoms with E-state index in [2.05, 4.69) is 0 Å². The van der Waals surface area contributed by atoms with Crippen LogP contribution in [0.4, 0.5) is 4.39 Å². The third-order valence-electron chi connectivity index (χ3n) is 4.27. The van der Waals surface area contributed by atoms with Crippen LogP contribution in [0, 0.1) is 5.82 Å². The summed E-state index contributed by atoms with van der Waals surface area (Å²) in [6.45, 7) is 2.58. The van der Waals surface area contributed by atoms with E-state index in [4.69, 9.17) is 10.5 Å². The standard InChI is InChI=1S/C15H22FNO/c1-3-11-8-12(14(18-2)9-13(11)16)15(10-17)6-4-5-7-15/h8-9H,3-7,10,17H2,1-2H3. The van der Waals surface area contributed by atoms with Crippen molar-refractivity contribution in [1.29, 1.82) is 0 Å². The smallest absolute Gasteiger partial charge is 0.130 e. The van der Waals surface area contributed by atoms with E-state index in [1.807, 2.05) is 13.0 Å². The Morgan fingerprint density at radius 2 is 2.00 bits per heavy atom. The molecule has 3 heteroatoms. The number of rotatable bonds is 4. The largest absolute Gasteiger partial charge is 0.496 e. The van der Waals surface area contributed by atoms with Crippen LogP contribution in [0.2, 0.25) is 0 Å². The van der Waals surface area contributed by atoms with E-state index in [1.165, 1.54) is 18.9 Å². The molecule has 1 saturated carbocycles.